The zero-order valence-corrected chi connectivity index (χ0v) is 20.1. The van der Waals surface area contributed by atoms with Crippen molar-refractivity contribution in [2.24, 2.45) is 0 Å². The number of phenols is 1. The van der Waals surface area contributed by atoms with Crippen LogP contribution in [-0.2, 0) is 20.9 Å². The van der Waals surface area contributed by atoms with Crippen molar-refractivity contribution >= 4 is 39.9 Å². The number of rotatable bonds is 3. The fourth-order valence-electron chi connectivity index (χ4n) is 5.18. The van der Waals surface area contributed by atoms with Crippen molar-refractivity contribution in [2.75, 3.05) is 16.8 Å². The zero-order chi connectivity index (χ0) is 25.0. The highest BCUT2D eigenvalue weighted by Gasteiger charge is 2.43. The predicted octanol–water partition coefficient (Wildman–Crippen LogP) is 2.91. The van der Waals surface area contributed by atoms with Crippen LogP contribution in [0.5, 0.6) is 5.75 Å². The smallest absolute Gasteiger partial charge is 0.252 e. The number of phenolic OH excluding ortho intramolecular Hbond substituents is 1. The lowest BCUT2D eigenvalue weighted by Crippen LogP contribution is -2.59. The minimum atomic E-state index is -0.975. The van der Waals surface area contributed by atoms with E-state index in [0.717, 1.165) is 21.9 Å². The summed E-state index contributed by atoms with van der Waals surface area (Å²) < 4.78 is 0. The van der Waals surface area contributed by atoms with Gasteiger partial charge in [-0.25, -0.2) is 0 Å². The van der Waals surface area contributed by atoms with Gasteiger partial charge in [0.25, 0.3) is 5.91 Å². The van der Waals surface area contributed by atoms with Crippen LogP contribution in [0.2, 0.25) is 0 Å². The van der Waals surface area contributed by atoms with E-state index in [1.807, 2.05) is 36.4 Å². The van der Waals surface area contributed by atoms with Crippen molar-refractivity contribution in [1.29, 1.82) is 0 Å². The van der Waals surface area contributed by atoms with Crippen LogP contribution in [0.3, 0.4) is 0 Å². The third kappa shape index (κ3) is 3.52. The molecule has 3 N–H and O–H groups in total. The topological polar surface area (TPSA) is 102 Å². The summed E-state index contributed by atoms with van der Waals surface area (Å²) in [4.78, 5) is 42.8. The first-order valence-corrected chi connectivity index (χ1v) is 11.7. The van der Waals surface area contributed by atoms with Crippen molar-refractivity contribution in [3.63, 3.8) is 0 Å². The van der Waals surface area contributed by atoms with Crippen molar-refractivity contribution in [3.05, 3.63) is 54.1 Å². The van der Waals surface area contributed by atoms with E-state index in [-0.39, 0.29) is 30.0 Å². The number of nitrogens with zero attached hydrogens (tertiary/aromatic N) is 2. The van der Waals surface area contributed by atoms with Gasteiger partial charge in [-0.15, -0.1) is 0 Å². The molecule has 3 aromatic rings. The second-order valence-electron chi connectivity index (χ2n) is 9.22. The monoisotopic (exact) mass is 472 g/mol. The van der Waals surface area contributed by atoms with Crippen LogP contribution in [0.25, 0.3) is 21.9 Å². The van der Waals surface area contributed by atoms with E-state index in [4.69, 9.17) is 0 Å². The fourth-order valence-corrected chi connectivity index (χ4v) is 5.18. The molecule has 0 aromatic heterocycles. The Balaban J connectivity index is 1.74. The molecule has 2 heterocycles. The molecule has 1 unspecified atom stereocenters. The molecule has 0 saturated heterocycles. The molecule has 3 aromatic carbocycles. The Hall–Kier alpha value is -3.91. The fraction of sp³-hybridized carbons (Fsp3) is 0.296. The molecule has 0 aliphatic carbocycles. The first-order valence-electron chi connectivity index (χ1n) is 11.7. The molecule has 0 saturated carbocycles. The van der Waals surface area contributed by atoms with Gasteiger partial charge in [-0.05, 0) is 48.9 Å². The largest absolute Gasteiger partial charge is 0.507 e. The molecule has 0 spiro atoms. The second kappa shape index (κ2) is 8.39. The number of fused-ring (bicyclic) bond motifs is 5. The van der Waals surface area contributed by atoms with Crippen molar-refractivity contribution < 1.29 is 19.5 Å². The summed E-state index contributed by atoms with van der Waals surface area (Å²) in [5, 5.41) is 18.8. The number of carbonyl (C=O) groups excluding carboxylic acids is 3. The van der Waals surface area contributed by atoms with Gasteiger partial charge in [0.05, 0.1) is 30.0 Å². The molecule has 3 atom stereocenters. The molecule has 8 nitrogen and oxygen atoms in total. The van der Waals surface area contributed by atoms with Gasteiger partial charge in [0.1, 0.15) is 11.8 Å². The maximum Gasteiger partial charge on any atom is 0.252 e. The van der Waals surface area contributed by atoms with Crippen molar-refractivity contribution in [1.82, 2.24) is 10.6 Å². The van der Waals surface area contributed by atoms with E-state index >= 15 is 0 Å². The molecular formula is C27H28N4O4. The van der Waals surface area contributed by atoms with Crippen LogP contribution >= 0.6 is 0 Å². The predicted molar refractivity (Wildman–Crippen MR) is 135 cm³/mol. The van der Waals surface area contributed by atoms with Gasteiger partial charge in [-0.2, -0.15) is 0 Å². The van der Waals surface area contributed by atoms with Gasteiger partial charge in [0.15, 0.2) is 0 Å². The third-order valence-electron chi connectivity index (χ3n) is 7.18. The summed E-state index contributed by atoms with van der Waals surface area (Å²) in [5.41, 5.74) is 3.30. The summed E-state index contributed by atoms with van der Waals surface area (Å²) in [7, 11) is 1.67. The molecule has 2 aliphatic heterocycles. The summed E-state index contributed by atoms with van der Waals surface area (Å²) >= 11 is 0. The lowest BCUT2D eigenvalue weighted by Gasteiger charge is -2.32. The molecule has 35 heavy (non-hydrogen) atoms. The van der Waals surface area contributed by atoms with Gasteiger partial charge in [0.2, 0.25) is 11.8 Å². The average Bonchev–Trinajstić information content (AvgIpc) is 3.04. The highest BCUT2D eigenvalue weighted by molar-refractivity contribution is 6.11. The normalized spacial score (nSPS) is 19.6. The number of anilines is 2. The number of amides is 3. The zero-order valence-electron chi connectivity index (χ0n) is 20.1. The van der Waals surface area contributed by atoms with Crippen LogP contribution in [-0.4, -0.2) is 48.0 Å². The van der Waals surface area contributed by atoms with Gasteiger partial charge in [-0.1, -0.05) is 36.4 Å². The van der Waals surface area contributed by atoms with E-state index in [0.29, 0.717) is 16.9 Å². The maximum absolute atomic E-state index is 14.1. The first-order chi connectivity index (χ1) is 16.7. The SMILES string of the molecule is CN[C@@H](C)C(=O)NC1C(=O)N2Cc3c(ccc4ccccc34)-c3cc2c(cc3O)N(C(C)=O)[C@H]1C. The minimum absolute atomic E-state index is 0.0271. The van der Waals surface area contributed by atoms with E-state index < -0.39 is 18.1 Å². The summed E-state index contributed by atoms with van der Waals surface area (Å²) in [5.74, 6) is -0.907. The minimum Gasteiger partial charge on any atom is -0.507 e. The third-order valence-corrected chi connectivity index (χ3v) is 7.18. The quantitative estimate of drug-likeness (QED) is 0.544. The number of hydrogen-bond acceptors (Lipinski definition) is 5. The van der Waals surface area contributed by atoms with Gasteiger partial charge >= 0.3 is 0 Å². The van der Waals surface area contributed by atoms with Crippen LogP contribution in [0.4, 0.5) is 11.4 Å². The van der Waals surface area contributed by atoms with Gasteiger partial charge in [0, 0.05) is 18.6 Å². The summed E-state index contributed by atoms with van der Waals surface area (Å²) in [6, 6.07) is 13.0. The Kier molecular flexibility index (Phi) is 5.48. The molecule has 2 aliphatic rings. The molecule has 180 valence electrons. The number of carbonyl (C=O) groups is 3. The second-order valence-corrected chi connectivity index (χ2v) is 9.22. The molecule has 2 bridgehead atoms. The lowest BCUT2D eigenvalue weighted by molar-refractivity contribution is -0.129. The Morgan fingerprint density at radius 1 is 1.09 bits per heavy atom. The van der Waals surface area contributed by atoms with Crippen molar-refractivity contribution in [2.45, 2.75) is 45.4 Å². The van der Waals surface area contributed by atoms with Crippen LogP contribution in [0, 0.1) is 0 Å². The summed E-state index contributed by atoms with van der Waals surface area (Å²) in [6.07, 6.45) is 0. The van der Waals surface area contributed by atoms with E-state index in [2.05, 4.69) is 10.6 Å². The van der Waals surface area contributed by atoms with Crippen LogP contribution in [0.1, 0.15) is 26.3 Å². The number of likely N-dealkylation sites (N-methyl/N-ethyl adjacent to an activating group) is 1. The Labute approximate surface area is 203 Å². The van der Waals surface area contributed by atoms with Gasteiger partial charge < -0.3 is 25.5 Å². The van der Waals surface area contributed by atoms with E-state index in [1.165, 1.54) is 11.8 Å². The Morgan fingerprint density at radius 3 is 2.54 bits per heavy atom. The molecule has 0 radical (unpaired) electrons. The van der Waals surface area contributed by atoms with E-state index in [9.17, 15) is 19.5 Å². The summed E-state index contributed by atoms with van der Waals surface area (Å²) in [6.45, 7) is 5.10. The average molecular weight is 473 g/mol. The number of nitrogens with one attached hydrogen (secondary N) is 2. The lowest BCUT2D eigenvalue weighted by atomic mass is 9.94. The molecule has 5 rings (SSSR count). The molecular weight excluding hydrogens is 444 g/mol. The number of aromatic hydroxyl groups is 1. The Bertz CT molecular complexity index is 1390. The highest BCUT2D eigenvalue weighted by atomic mass is 16.3. The van der Waals surface area contributed by atoms with E-state index in [1.54, 1.807) is 37.9 Å². The van der Waals surface area contributed by atoms with Crippen LogP contribution < -0.4 is 20.4 Å². The number of hydrogen-bond donors (Lipinski definition) is 3. The Morgan fingerprint density at radius 2 is 1.83 bits per heavy atom. The van der Waals surface area contributed by atoms with Gasteiger partial charge in [-0.3, -0.25) is 14.4 Å². The van der Waals surface area contributed by atoms with Crippen LogP contribution in [0.15, 0.2) is 48.5 Å². The molecule has 0 fully saturated rings. The highest BCUT2D eigenvalue weighted by Crippen LogP contribution is 2.48. The molecule has 8 heteroatoms. The van der Waals surface area contributed by atoms with Crippen molar-refractivity contribution in [3.8, 4) is 16.9 Å². The maximum atomic E-state index is 14.1. The standard InChI is InChI=1S/C27H28N4O4/c1-14(28-4)26(34)29-25-15(2)31(16(3)32)23-12-24(33)20-11-22(23)30(27(25)35)13-21-18-8-6-5-7-17(18)9-10-19(20)21/h5-12,14-15,25,28,33H,13H2,1-4H3,(H,29,34)/t14-,15-,25?/m0/s1. The first kappa shape index (κ1) is 22.9. The number of benzene rings is 3. The molecule has 3 amide bonds.